The number of unbranched alkanes of at least 4 members (excludes halogenated alkanes) is 5. The lowest BCUT2D eigenvalue weighted by atomic mass is 10.1. The van der Waals surface area contributed by atoms with Crippen LogP contribution in [0.2, 0.25) is 0 Å². The third kappa shape index (κ3) is 5.66. The molecule has 1 aliphatic heterocycles. The van der Waals surface area contributed by atoms with E-state index >= 15 is 0 Å². The van der Waals surface area contributed by atoms with Gasteiger partial charge < -0.3 is 4.74 Å². The van der Waals surface area contributed by atoms with Gasteiger partial charge >= 0.3 is 0 Å². The van der Waals surface area contributed by atoms with Crippen LogP contribution in [0.5, 0.6) is 0 Å². The smallest absolute Gasteiger partial charge is 0.174 e. The Balaban J connectivity index is 1.95. The third-order valence-corrected chi connectivity index (χ3v) is 4.09. The molecule has 1 rings (SSSR count). The van der Waals surface area contributed by atoms with E-state index in [2.05, 4.69) is 6.92 Å². The molecule has 0 saturated carbocycles. The summed E-state index contributed by atoms with van der Waals surface area (Å²) in [6.45, 7) is 2.88. The summed E-state index contributed by atoms with van der Waals surface area (Å²) in [5.74, 6) is 0.128. The van der Waals surface area contributed by atoms with E-state index in [9.17, 15) is 8.42 Å². The van der Waals surface area contributed by atoms with E-state index in [0.717, 1.165) is 6.42 Å². The van der Waals surface area contributed by atoms with Crippen LogP contribution < -0.4 is 0 Å². The largest absolute Gasteiger partial charge is 0.373 e. The van der Waals surface area contributed by atoms with Crippen molar-refractivity contribution in [3.05, 3.63) is 11.5 Å². The fraction of sp³-hybridized carbons (Fsp3) is 0.833. The molecule has 0 unspecified atom stereocenters. The van der Waals surface area contributed by atoms with Gasteiger partial charge in [-0.25, -0.2) is 8.42 Å². The van der Waals surface area contributed by atoms with Gasteiger partial charge in [-0.15, -0.1) is 0 Å². The van der Waals surface area contributed by atoms with E-state index in [-0.39, 0.29) is 11.9 Å². The van der Waals surface area contributed by atoms with E-state index in [4.69, 9.17) is 4.74 Å². The van der Waals surface area contributed by atoms with Gasteiger partial charge in [0, 0.05) is 12.0 Å². The monoisotopic (exact) mass is 246 g/mol. The molecule has 1 heterocycles. The Morgan fingerprint density at radius 2 is 1.88 bits per heavy atom. The maximum Gasteiger partial charge on any atom is 0.174 e. The van der Waals surface area contributed by atoms with Crippen LogP contribution in [0.4, 0.5) is 0 Å². The molecule has 0 bridgehead atoms. The fourth-order valence-electron chi connectivity index (χ4n) is 1.77. The first-order chi connectivity index (χ1) is 7.64. The van der Waals surface area contributed by atoms with Crippen molar-refractivity contribution in [2.24, 2.45) is 0 Å². The molecular formula is C12H22O3S. The summed E-state index contributed by atoms with van der Waals surface area (Å²) >= 11 is 0. The Morgan fingerprint density at radius 3 is 2.50 bits per heavy atom. The molecule has 16 heavy (non-hydrogen) atoms. The fourth-order valence-corrected chi connectivity index (χ4v) is 2.96. The van der Waals surface area contributed by atoms with Crippen molar-refractivity contribution in [2.75, 3.05) is 12.4 Å². The number of sulfone groups is 1. The molecule has 1 aliphatic rings. The summed E-state index contributed by atoms with van der Waals surface area (Å²) in [6, 6.07) is 0. The molecule has 0 aromatic heterocycles. The Kier molecular flexibility index (Phi) is 6.06. The zero-order chi connectivity index (χ0) is 11.9. The first-order valence-corrected chi connectivity index (χ1v) is 7.88. The van der Waals surface area contributed by atoms with Gasteiger partial charge in [0.1, 0.15) is 0 Å². The molecule has 0 N–H and O–H groups in total. The SMILES string of the molecule is CCCCCCCCO[C@H]1C=CS(=O)(=O)C1. The van der Waals surface area contributed by atoms with E-state index < -0.39 is 9.84 Å². The molecule has 0 spiro atoms. The summed E-state index contributed by atoms with van der Waals surface area (Å²) in [7, 11) is -2.96. The first kappa shape index (κ1) is 13.7. The second-order valence-corrected chi connectivity index (χ2v) is 6.27. The minimum absolute atomic E-state index is 0.128. The third-order valence-electron chi connectivity index (χ3n) is 2.73. The van der Waals surface area contributed by atoms with Crippen molar-refractivity contribution in [1.29, 1.82) is 0 Å². The highest BCUT2D eigenvalue weighted by Crippen LogP contribution is 2.12. The molecule has 0 aliphatic carbocycles. The Labute approximate surface area is 98.8 Å². The Hall–Kier alpha value is -0.350. The van der Waals surface area contributed by atoms with Gasteiger partial charge in [0.05, 0.1) is 11.9 Å². The highest BCUT2D eigenvalue weighted by molar-refractivity contribution is 7.94. The van der Waals surface area contributed by atoms with Crippen LogP contribution in [-0.2, 0) is 14.6 Å². The number of rotatable bonds is 8. The molecule has 0 saturated heterocycles. The normalized spacial score (nSPS) is 22.7. The average molecular weight is 246 g/mol. The molecule has 0 aromatic carbocycles. The standard InChI is InChI=1S/C12H22O3S/c1-2-3-4-5-6-7-9-15-12-8-10-16(13,14)11-12/h8,10,12H,2-7,9,11H2,1H3/t12-/m0/s1. The van der Waals surface area contributed by atoms with Crippen LogP contribution in [0.15, 0.2) is 11.5 Å². The van der Waals surface area contributed by atoms with Gasteiger partial charge in [-0.05, 0) is 12.5 Å². The number of ether oxygens (including phenoxy) is 1. The summed E-state index contributed by atoms with van der Waals surface area (Å²) in [5.41, 5.74) is 0. The summed E-state index contributed by atoms with van der Waals surface area (Å²) in [5, 5.41) is 1.26. The van der Waals surface area contributed by atoms with E-state index in [1.807, 2.05) is 0 Å². The van der Waals surface area contributed by atoms with Gasteiger partial charge in [-0.1, -0.05) is 39.0 Å². The molecule has 0 amide bonds. The van der Waals surface area contributed by atoms with Crippen molar-refractivity contribution < 1.29 is 13.2 Å². The highest BCUT2D eigenvalue weighted by Gasteiger charge is 2.21. The van der Waals surface area contributed by atoms with Gasteiger partial charge in [0.15, 0.2) is 9.84 Å². The highest BCUT2D eigenvalue weighted by atomic mass is 32.2. The minimum Gasteiger partial charge on any atom is -0.373 e. The van der Waals surface area contributed by atoms with Crippen LogP contribution in [0.1, 0.15) is 45.4 Å². The molecule has 0 radical (unpaired) electrons. The van der Waals surface area contributed by atoms with Crippen LogP contribution in [0.25, 0.3) is 0 Å². The number of hydrogen-bond acceptors (Lipinski definition) is 3. The van der Waals surface area contributed by atoms with Crippen molar-refractivity contribution in [2.45, 2.75) is 51.6 Å². The van der Waals surface area contributed by atoms with Crippen molar-refractivity contribution in [3.63, 3.8) is 0 Å². The van der Waals surface area contributed by atoms with Gasteiger partial charge in [-0.2, -0.15) is 0 Å². The summed E-state index contributed by atoms with van der Waals surface area (Å²) in [4.78, 5) is 0. The minimum atomic E-state index is -2.96. The van der Waals surface area contributed by atoms with Crippen molar-refractivity contribution >= 4 is 9.84 Å². The second-order valence-electron chi connectivity index (χ2n) is 4.34. The lowest BCUT2D eigenvalue weighted by molar-refractivity contribution is 0.0974. The van der Waals surface area contributed by atoms with Crippen molar-refractivity contribution in [1.82, 2.24) is 0 Å². The molecular weight excluding hydrogens is 224 g/mol. The predicted octanol–water partition coefficient (Wildman–Crippen LogP) is 2.67. The van der Waals surface area contributed by atoms with Gasteiger partial charge in [0.2, 0.25) is 0 Å². The van der Waals surface area contributed by atoms with E-state index in [0.29, 0.717) is 6.61 Å². The lowest BCUT2D eigenvalue weighted by Crippen LogP contribution is -2.15. The van der Waals surface area contributed by atoms with E-state index in [1.165, 1.54) is 37.5 Å². The van der Waals surface area contributed by atoms with Crippen LogP contribution in [0, 0.1) is 0 Å². The number of hydrogen-bond donors (Lipinski definition) is 0. The molecule has 0 fully saturated rings. The summed E-state index contributed by atoms with van der Waals surface area (Å²) < 4.78 is 27.6. The van der Waals surface area contributed by atoms with Gasteiger partial charge in [0.25, 0.3) is 0 Å². The molecule has 1 atom stereocenters. The predicted molar refractivity (Wildman–Crippen MR) is 66.0 cm³/mol. The van der Waals surface area contributed by atoms with Crippen LogP contribution in [0.3, 0.4) is 0 Å². The van der Waals surface area contributed by atoms with Crippen LogP contribution >= 0.6 is 0 Å². The molecule has 4 heteroatoms. The van der Waals surface area contributed by atoms with E-state index in [1.54, 1.807) is 6.08 Å². The second kappa shape index (κ2) is 7.07. The lowest BCUT2D eigenvalue weighted by Gasteiger charge is -2.08. The first-order valence-electron chi connectivity index (χ1n) is 6.16. The zero-order valence-electron chi connectivity index (χ0n) is 10.0. The molecule has 94 valence electrons. The Morgan fingerprint density at radius 1 is 1.19 bits per heavy atom. The van der Waals surface area contributed by atoms with Gasteiger partial charge in [-0.3, -0.25) is 0 Å². The topological polar surface area (TPSA) is 43.4 Å². The zero-order valence-corrected chi connectivity index (χ0v) is 10.8. The maximum atomic E-state index is 11.1. The maximum absolute atomic E-state index is 11.1. The Bertz CT molecular complexity index is 306. The summed E-state index contributed by atoms with van der Waals surface area (Å²) in [6.07, 6.45) is 8.79. The quantitative estimate of drug-likeness (QED) is 0.618. The van der Waals surface area contributed by atoms with Crippen LogP contribution in [-0.4, -0.2) is 26.9 Å². The average Bonchev–Trinajstić information content (AvgIpc) is 2.57. The molecule has 0 aromatic rings. The molecule has 3 nitrogen and oxygen atoms in total. The van der Waals surface area contributed by atoms with Crippen molar-refractivity contribution in [3.8, 4) is 0 Å².